The van der Waals surface area contributed by atoms with Gasteiger partial charge in [0.15, 0.2) is 0 Å². The molecule has 2 unspecified atom stereocenters. The number of carbonyl (C=O) groups excluding carboxylic acids is 2. The predicted molar refractivity (Wildman–Crippen MR) is 98.2 cm³/mol. The zero-order valence-corrected chi connectivity index (χ0v) is 15.1. The first-order valence-electron chi connectivity index (χ1n) is 8.06. The lowest BCUT2D eigenvalue weighted by molar-refractivity contribution is -0.126. The van der Waals surface area contributed by atoms with E-state index in [1.54, 1.807) is 14.1 Å². The molecule has 4 N–H and O–H groups in total. The maximum absolute atomic E-state index is 12.2. The van der Waals surface area contributed by atoms with Crippen LogP contribution in [0.15, 0.2) is 24.3 Å². The van der Waals surface area contributed by atoms with E-state index in [0.717, 1.165) is 36.9 Å². The highest BCUT2D eigenvalue weighted by Crippen LogP contribution is 2.23. The van der Waals surface area contributed by atoms with E-state index in [-0.39, 0.29) is 36.3 Å². The predicted octanol–water partition coefficient (Wildman–Crippen LogP) is 2.34. The van der Waals surface area contributed by atoms with E-state index in [9.17, 15) is 9.59 Å². The van der Waals surface area contributed by atoms with Gasteiger partial charge in [-0.3, -0.25) is 4.79 Å². The van der Waals surface area contributed by atoms with Gasteiger partial charge in [0.25, 0.3) is 0 Å². The Morgan fingerprint density at radius 1 is 1.29 bits per heavy atom. The number of anilines is 1. The molecule has 0 bridgehead atoms. The summed E-state index contributed by atoms with van der Waals surface area (Å²) >= 11 is 0. The highest BCUT2D eigenvalue weighted by atomic mass is 35.5. The van der Waals surface area contributed by atoms with Gasteiger partial charge in [-0.05, 0) is 37.0 Å². The van der Waals surface area contributed by atoms with Crippen molar-refractivity contribution >= 4 is 30.0 Å². The second-order valence-corrected chi connectivity index (χ2v) is 6.37. The van der Waals surface area contributed by atoms with Gasteiger partial charge in [0, 0.05) is 38.3 Å². The molecule has 0 heterocycles. The maximum atomic E-state index is 12.2. The van der Waals surface area contributed by atoms with Crippen molar-refractivity contribution in [3.05, 3.63) is 29.8 Å². The Labute approximate surface area is 149 Å². The fourth-order valence-corrected chi connectivity index (χ4v) is 2.79. The fraction of sp³-hybridized carbons (Fsp3) is 0.529. The molecule has 1 saturated carbocycles. The summed E-state index contributed by atoms with van der Waals surface area (Å²) in [6.07, 6.45) is 3.71. The Morgan fingerprint density at radius 2 is 2.04 bits per heavy atom. The van der Waals surface area contributed by atoms with E-state index in [0.29, 0.717) is 6.54 Å². The Balaban J connectivity index is 0.00000288. The van der Waals surface area contributed by atoms with Crippen molar-refractivity contribution in [3.63, 3.8) is 0 Å². The molecular weight excluding hydrogens is 328 g/mol. The molecule has 1 fully saturated rings. The summed E-state index contributed by atoms with van der Waals surface area (Å²) < 4.78 is 0. The van der Waals surface area contributed by atoms with Crippen molar-refractivity contribution < 1.29 is 9.59 Å². The molecule has 0 aromatic heterocycles. The monoisotopic (exact) mass is 354 g/mol. The van der Waals surface area contributed by atoms with Gasteiger partial charge in [-0.25, -0.2) is 4.79 Å². The summed E-state index contributed by atoms with van der Waals surface area (Å²) in [7, 11) is 3.38. The molecule has 1 aliphatic rings. The Bertz CT molecular complexity index is 565. The first-order valence-corrected chi connectivity index (χ1v) is 8.06. The van der Waals surface area contributed by atoms with Crippen LogP contribution in [0.1, 0.15) is 31.2 Å². The molecule has 134 valence electrons. The summed E-state index contributed by atoms with van der Waals surface area (Å²) in [6, 6.07) is 7.45. The Kier molecular flexibility index (Phi) is 8.01. The van der Waals surface area contributed by atoms with Crippen molar-refractivity contribution in [2.45, 2.75) is 38.3 Å². The van der Waals surface area contributed by atoms with E-state index < -0.39 is 0 Å². The molecule has 2 atom stereocenters. The minimum atomic E-state index is -0.178. The minimum absolute atomic E-state index is 0. The average Bonchev–Trinajstić information content (AvgIpc) is 2.53. The molecule has 0 radical (unpaired) electrons. The molecule has 6 nitrogen and oxygen atoms in total. The summed E-state index contributed by atoms with van der Waals surface area (Å²) in [6.45, 7) is 0.455. The third-order valence-corrected chi connectivity index (χ3v) is 4.14. The fourth-order valence-electron chi connectivity index (χ4n) is 2.79. The summed E-state index contributed by atoms with van der Waals surface area (Å²) in [4.78, 5) is 25.4. The smallest absolute Gasteiger partial charge is 0.321 e. The second kappa shape index (κ2) is 9.49. The third-order valence-electron chi connectivity index (χ3n) is 4.14. The Hall–Kier alpha value is -1.79. The lowest BCUT2D eigenvalue weighted by atomic mass is 9.85. The van der Waals surface area contributed by atoms with Crippen LogP contribution in [0.5, 0.6) is 0 Å². The minimum Gasteiger partial charge on any atom is -0.352 e. The van der Waals surface area contributed by atoms with Crippen LogP contribution < -0.4 is 16.4 Å². The van der Waals surface area contributed by atoms with Crippen molar-refractivity contribution in [2.24, 2.45) is 11.7 Å². The third kappa shape index (κ3) is 6.02. The van der Waals surface area contributed by atoms with Gasteiger partial charge in [0.05, 0.1) is 0 Å². The van der Waals surface area contributed by atoms with Crippen LogP contribution in [0, 0.1) is 5.92 Å². The van der Waals surface area contributed by atoms with Gasteiger partial charge < -0.3 is 21.3 Å². The number of benzene rings is 1. The van der Waals surface area contributed by atoms with Gasteiger partial charge in [-0.1, -0.05) is 18.6 Å². The molecule has 2 rings (SSSR count). The topological polar surface area (TPSA) is 87.5 Å². The van der Waals surface area contributed by atoms with Crippen LogP contribution in [0.4, 0.5) is 10.5 Å². The lowest BCUT2D eigenvalue weighted by Gasteiger charge is -2.25. The normalized spacial score (nSPS) is 19.8. The molecule has 0 spiro atoms. The molecular formula is C17H27ClN4O2. The standard InChI is InChI=1S/C17H26N4O2.ClH/c1-21(2)17(23)20-15-8-3-5-12(9-15)11-19-16(22)13-6-4-7-14(18)10-13;/h3,5,8-9,13-14H,4,6-7,10-11,18H2,1-2H3,(H,19,22)(H,20,23);1H. The molecule has 0 aliphatic heterocycles. The number of nitrogens with two attached hydrogens (primary N) is 1. The van der Waals surface area contributed by atoms with Crippen LogP contribution in [-0.2, 0) is 11.3 Å². The zero-order chi connectivity index (χ0) is 16.8. The van der Waals surface area contributed by atoms with E-state index >= 15 is 0 Å². The number of hydrogen-bond acceptors (Lipinski definition) is 3. The number of amides is 3. The first kappa shape index (κ1) is 20.3. The molecule has 1 aliphatic carbocycles. The van der Waals surface area contributed by atoms with E-state index in [2.05, 4.69) is 10.6 Å². The maximum Gasteiger partial charge on any atom is 0.321 e. The van der Waals surface area contributed by atoms with Gasteiger partial charge in [-0.2, -0.15) is 0 Å². The second-order valence-electron chi connectivity index (χ2n) is 6.37. The van der Waals surface area contributed by atoms with Crippen LogP contribution >= 0.6 is 12.4 Å². The van der Waals surface area contributed by atoms with Gasteiger partial charge in [-0.15, -0.1) is 12.4 Å². The van der Waals surface area contributed by atoms with Gasteiger partial charge in [0.1, 0.15) is 0 Å². The van der Waals surface area contributed by atoms with Gasteiger partial charge >= 0.3 is 6.03 Å². The number of carbonyl (C=O) groups is 2. The number of rotatable bonds is 4. The number of hydrogen-bond donors (Lipinski definition) is 3. The summed E-state index contributed by atoms with van der Waals surface area (Å²) in [5.74, 6) is 0.0956. The molecule has 1 aromatic carbocycles. The van der Waals surface area contributed by atoms with Crippen LogP contribution in [0.2, 0.25) is 0 Å². The van der Waals surface area contributed by atoms with Crippen molar-refractivity contribution in [3.8, 4) is 0 Å². The number of halogens is 1. The van der Waals surface area contributed by atoms with Crippen LogP contribution in [0.25, 0.3) is 0 Å². The summed E-state index contributed by atoms with van der Waals surface area (Å²) in [5, 5.41) is 5.77. The highest BCUT2D eigenvalue weighted by molar-refractivity contribution is 5.89. The quantitative estimate of drug-likeness (QED) is 0.775. The lowest BCUT2D eigenvalue weighted by Crippen LogP contribution is -2.37. The van der Waals surface area contributed by atoms with Crippen LogP contribution in [-0.4, -0.2) is 37.0 Å². The number of urea groups is 1. The molecule has 0 saturated heterocycles. The molecule has 24 heavy (non-hydrogen) atoms. The summed E-state index contributed by atoms with van der Waals surface area (Å²) in [5.41, 5.74) is 7.61. The van der Waals surface area contributed by atoms with Crippen LogP contribution in [0.3, 0.4) is 0 Å². The number of nitrogens with zero attached hydrogens (tertiary/aromatic N) is 1. The number of nitrogens with one attached hydrogen (secondary N) is 2. The highest BCUT2D eigenvalue weighted by Gasteiger charge is 2.24. The first-order chi connectivity index (χ1) is 11.0. The van der Waals surface area contributed by atoms with E-state index in [1.807, 2.05) is 24.3 Å². The SMILES string of the molecule is CN(C)C(=O)Nc1cccc(CNC(=O)C2CCCC(N)C2)c1.Cl. The van der Waals surface area contributed by atoms with Crippen molar-refractivity contribution in [1.29, 1.82) is 0 Å². The molecule has 1 aromatic rings. The van der Waals surface area contributed by atoms with E-state index in [4.69, 9.17) is 5.73 Å². The zero-order valence-electron chi connectivity index (χ0n) is 14.2. The van der Waals surface area contributed by atoms with Gasteiger partial charge in [0.2, 0.25) is 5.91 Å². The Morgan fingerprint density at radius 3 is 2.71 bits per heavy atom. The largest absolute Gasteiger partial charge is 0.352 e. The van der Waals surface area contributed by atoms with Crippen molar-refractivity contribution in [2.75, 3.05) is 19.4 Å². The molecule has 7 heteroatoms. The van der Waals surface area contributed by atoms with Crippen molar-refractivity contribution in [1.82, 2.24) is 10.2 Å². The van der Waals surface area contributed by atoms with E-state index in [1.165, 1.54) is 4.90 Å². The average molecular weight is 355 g/mol. The molecule has 3 amide bonds.